The molecule has 0 radical (unpaired) electrons. The molecule has 148 valence electrons. The Balaban J connectivity index is 1.66. The Morgan fingerprint density at radius 2 is 1.70 bits per heavy atom. The zero-order valence-corrected chi connectivity index (χ0v) is 17.4. The predicted molar refractivity (Wildman–Crippen MR) is 120 cm³/mol. The van der Waals surface area contributed by atoms with Crippen molar-refractivity contribution in [2.24, 2.45) is 0 Å². The van der Waals surface area contributed by atoms with Crippen molar-refractivity contribution in [1.82, 2.24) is 5.32 Å². The maximum absolute atomic E-state index is 11.1. The van der Waals surface area contributed by atoms with E-state index in [1.165, 1.54) is 0 Å². The van der Waals surface area contributed by atoms with Crippen molar-refractivity contribution in [2.75, 3.05) is 0 Å². The number of non-ortho nitro benzene ring substituents is 1. The third-order valence-corrected chi connectivity index (χ3v) is 5.86. The minimum absolute atomic E-state index is 0.0764. The van der Waals surface area contributed by atoms with Crippen molar-refractivity contribution < 1.29 is 9.66 Å². The molecule has 1 aliphatic heterocycles. The number of rotatable bonds is 3. The number of nitro benzene ring substituents is 1. The van der Waals surface area contributed by atoms with E-state index in [4.69, 9.17) is 4.74 Å². The number of ether oxygens (including phenoxy) is 1. The van der Waals surface area contributed by atoms with Gasteiger partial charge in [-0.2, -0.15) is 0 Å². The third kappa shape index (κ3) is 3.34. The number of fused-ring (bicyclic) bond motifs is 3. The maximum atomic E-state index is 11.1. The molecule has 0 aromatic heterocycles. The van der Waals surface area contributed by atoms with Crippen molar-refractivity contribution in [1.29, 1.82) is 0 Å². The Morgan fingerprint density at radius 3 is 2.47 bits per heavy atom. The standard InChI is InChI=1S/C24H17BrN2O3/c25-18-6-3-5-17(14-18)24-26-23(16-8-11-19(12-9-16)27(28)29)22-20-7-2-1-4-15(20)10-13-21(22)30-24/h1-14,23-24,26H/t23-,24+/m0/s1. The monoisotopic (exact) mass is 460 g/mol. The van der Waals surface area contributed by atoms with Gasteiger partial charge in [0.1, 0.15) is 5.75 Å². The summed E-state index contributed by atoms with van der Waals surface area (Å²) in [7, 11) is 0. The van der Waals surface area contributed by atoms with E-state index < -0.39 is 0 Å². The minimum atomic E-state index is -0.380. The largest absolute Gasteiger partial charge is 0.471 e. The summed E-state index contributed by atoms with van der Waals surface area (Å²) in [4.78, 5) is 10.7. The van der Waals surface area contributed by atoms with E-state index in [1.54, 1.807) is 12.1 Å². The average Bonchev–Trinajstić information content (AvgIpc) is 2.78. The Morgan fingerprint density at radius 1 is 0.900 bits per heavy atom. The zero-order valence-electron chi connectivity index (χ0n) is 15.8. The van der Waals surface area contributed by atoms with Gasteiger partial charge >= 0.3 is 0 Å². The quantitative estimate of drug-likeness (QED) is 0.288. The van der Waals surface area contributed by atoms with E-state index in [0.29, 0.717) is 0 Å². The van der Waals surface area contributed by atoms with Crippen molar-refractivity contribution in [3.05, 3.63) is 116 Å². The van der Waals surface area contributed by atoms with Crippen LogP contribution in [0.1, 0.15) is 29.0 Å². The van der Waals surface area contributed by atoms with Crippen LogP contribution in [0.3, 0.4) is 0 Å². The molecule has 5 nitrogen and oxygen atoms in total. The fourth-order valence-corrected chi connectivity index (χ4v) is 4.37. The van der Waals surface area contributed by atoms with Crippen LogP contribution in [0.15, 0.2) is 89.4 Å². The molecule has 0 aliphatic carbocycles. The van der Waals surface area contributed by atoms with Crippen molar-refractivity contribution >= 4 is 32.4 Å². The topological polar surface area (TPSA) is 64.4 Å². The number of benzene rings is 4. The number of hydrogen-bond acceptors (Lipinski definition) is 4. The van der Waals surface area contributed by atoms with Crippen LogP contribution in [0.2, 0.25) is 0 Å². The first-order chi connectivity index (χ1) is 14.6. The van der Waals surface area contributed by atoms with Gasteiger partial charge < -0.3 is 4.74 Å². The van der Waals surface area contributed by atoms with Crippen molar-refractivity contribution in [3.63, 3.8) is 0 Å². The molecule has 5 rings (SSSR count). The Kier molecular flexibility index (Phi) is 4.73. The van der Waals surface area contributed by atoms with Crippen LogP contribution in [0.5, 0.6) is 5.75 Å². The van der Waals surface area contributed by atoms with Crippen LogP contribution in [-0.4, -0.2) is 4.92 Å². The second kappa shape index (κ2) is 7.55. The Labute approximate surface area is 181 Å². The molecule has 0 saturated carbocycles. The van der Waals surface area contributed by atoms with E-state index >= 15 is 0 Å². The van der Waals surface area contributed by atoms with Crippen LogP contribution >= 0.6 is 15.9 Å². The first-order valence-electron chi connectivity index (χ1n) is 9.54. The van der Waals surface area contributed by atoms with Crippen molar-refractivity contribution in [3.8, 4) is 5.75 Å². The van der Waals surface area contributed by atoms with E-state index in [-0.39, 0.29) is 22.9 Å². The van der Waals surface area contributed by atoms with Crippen molar-refractivity contribution in [2.45, 2.75) is 12.3 Å². The summed E-state index contributed by atoms with van der Waals surface area (Å²) in [5, 5.41) is 16.9. The van der Waals surface area contributed by atoms with Gasteiger partial charge in [-0.25, -0.2) is 0 Å². The molecule has 4 aromatic rings. The lowest BCUT2D eigenvalue weighted by molar-refractivity contribution is -0.384. The molecule has 0 fully saturated rings. The fraction of sp³-hybridized carbons (Fsp3) is 0.0833. The fourth-order valence-electron chi connectivity index (χ4n) is 3.96. The van der Waals surface area contributed by atoms with Gasteiger partial charge in [0.2, 0.25) is 0 Å². The van der Waals surface area contributed by atoms with Gasteiger partial charge in [-0.05, 0) is 34.5 Å². The number of nitro groups is 1. The molecule has 0 bridgehead atoms. The zero-order chi connectivity index (χ0) is 20.7. The summed E-state index contributed by atoms with van der Waals surface area (Å²) in [6.45, 7) is 0. The maximum Gasteiger partial charge on any atom is 0.269 e. The smallest absolute Gasteiger partial charge is 0.269 e. The van der Waals surface area contributed by atoms with E-state index in [2.05, 4.69) is 39.4 Å². The Hall–Kier alpha value is -3.22. The van der Waals surface area contributed by atoms with Gasteiger partial charge in [0, 0.05) is 27.7 Å². The highest BCUT2D eigenvalue weighted by Crippen LogP contribution is 2.43. The average molecular weight is 461 g/mol. The molecule has 4 aromatic carbocycles. The summed E-state index contributed by atoms with van der Waals surface area (Å²) in [5.74, 6) is 0.806. The molecule has 2 atom stereocenters. The molecule has 0 amide bonds. The van der Waals surface area contributed by atoms with E-state index in [1.807, 2.05) is 54.6 Å². The number of nitrogens with zero attached hydrogens (tertiary/aromatic N) is 1. The van der Waals surface area contributed by atoms with Gasteiger partial charge in [-0.3, -0.25) is 15.4 Å². The predicted octanol–water partition coefficient (Wildman–Crippen LogP) is 6.28. The molecule has 1 aliphatic rings. The molecule has 30 heavy (non-hydrogen) atoms. The summed E-state index contributed by atoms with van der Waals surface area (Å²) in [5.41, 5.74) is 3.05. The first kappa shape index (κ1) is 18.8. The van der Waals surface area contributed by atoms with Crippen LogP contribution in [0.25, 0.3) is 10.8 Å². The normalized spacial score (nSPS) is 17.9. The highest BCUT2D eigenvalue weighted by Gasteiger charge is 2.31. The van der Waals surface area contributed by atoms with Gasteiger partial charge in [0.15, 0.2) is 6.23 Å². The van der Waals surface area contributed by atoms with Gasteiger partial charge in [-0.1, -0.05) is 70.5 Å². The lowest BCUT2D eigenvalue weighted by Crippen LogP contribution is -2.35. The molecule has 1 heterocycles. The summed E-state index contributed by atoms with van der Waals surface area (Å²) in [6, 6.07) is 26.8. The number of nitrogens with one attached hydrogen (secondary N) is 1. The molecule has 1 N–H and O–H groups in total. The van der Waals surface area contributed by atoms with E-state index in [9.17, 15) is 10.1 Å². The molecular formula is C24H17BrN2O3. The molecule has 0 spiro atoms. The Bertz CT molecular complexity index is 1260. The first-order valence-corrected chi connectivity index (χ1v) is 10.3. The number of hydrogen-bond donors (Lipinski definition) is 1. The van der Waals surface area contributed by atoms with Crippen LogP contribution in [-0.2, 0) is 0 Å². The van der Waals surface area contributed by atoms with Crippen LogP contribution < -0.4 is 10.1 Å². The lowest BCUT2D eigenvalue weighted by Gasteiger charge is -2.35. The number of halogens is 1. The van der Waals surface area contributed by atoms with Crippen LogP contribution in [0, 0.1) is 10.1 Å². The van der Waals surface area contributed by atoms with Gasteiger partial charge in [-0.15, -0.1) is 0 Å². The second-order valence-corrected chi connectivity index (χ2v) is 8.12. The summed E-state index contributed by atoms with van der Waals surface area (Å²) < 4.78 is 7.33. The van der Waals surface area contributed by atoms with Crippen LogP contribution in [0.4, 0.5) is 5.69 Å². The summed E-state index contributed by atoms with van der Waals surface area (Å²) >= 11 is 3.53. The molecule has 0 saturated heterocycles. The van der Waals surface area contributed by atoms with E-state index in [0.717, 1.165) is 37.7 Å². The highest BCUT2D eigenvalue weighted by atomic mass is 79.9. The molecule has 0 unspecified atom stereocenters. The molecule has 6 heteroatoms. The third-order valence-electron chi connectivity index (χ3n) is 5.37. The minimum Gasteiger partial charge on any atom is -0.471 e. The van der Waals surface area contributed by atoms with Gasteiger partial charge in [0.25, 0.3) is 5.69 Å². The lowest BCUT2D eigenvalue weighted by atomic mass is 9.91. The molecular weight excluding hydrogens is 444 g/mol. The van der Waals surface area contributed by atoms with Gasteiger partial charge in [0.05, 0.1) is 11.0 Å². The highest BCUT2D eigenvalue weighted by molar-refractivity contribution is 9.10. The SMILES string of the molecule is O=[N+]([O-])c1ccc([C@@H]2N[C@@H](c3cccc(Br)c3)Oc3ccc4ccccc4c32)cc1. The second-order valence-electron chi connectivity index (χ2n) is 7.20. The summed E-state index contributed by atoms with van der Waals surface area (Å²) in [6.07, 6.45) is -0.351.